The van der Waals surface area contributed by atoms with Crippen LogP contribution in [0.5, 0.6) is 11.5 Å². The van der Waals surface area contributed by atoms with Gasteiger partial charge in [0.25, 0.3) is 5.82 Å². The number of benzene rings is 3. The number of aryl methyl sites for hydroxylation is 1. The second-order valence-electron chi connectivity index (χ2n) is 8.63. The number of rotatable bonds is 6. The van der Waals surface area contributed by atoms with E-state index in [1.165, 1.54) is 18.2 Å². The minimum atomic E-state index is -4.95. The Morgan fingerprint density at radius 2 is 1.77 bits per heavy atom. The van der Waals surface area contributed by atoms with Crippen molar-refractivity contribution < 1.29 is 45.3 Å². The first-order valence-electron chi connectivity index (χ1n) is 11.3. The van der Waals surface area contributed by atoms with Crippen LogP contribution >= 0.6 is 11.3 Å². The molecule has 1 N–H and O–H groups in total. The summed E-state index contributed by atoms with van der Waals surface area (Å²) in [5.41, 5.74) is 1.01. The van der Waals surface area contributed by atoms with Crippen LogP contribution in [0, 0.1) is 6.92 Å². The zero-order chi connectivity index (χ0) is 28.4. The summed E-state index contributed by atoms with van der Waals surface area (Å²) in [6.07, 6.45) is 0. The molecule has 0 spiro atoms. The molecule has 5 aromatic rings. The predicted octanol–water partition coefficient (Wildman–Crippen LogP) is 1.16. The number of fused-ring (bicyclic) bond motifs is 2. The van der Waals surface area contributed by atoms with Crippen LogP contribution in [0.4, 0.5) is 0 Å². The van der Waals surface area contributed by atoms with Crippen molar-refractivity contribution in [3.05, 3.63) is 59.7 Å². The number of aliphatic hydroxyl groups is 1. The summed E-state index contributed by atoms with van der Waals surface area (Å²) >= 11 is 1.14. The Kier molecular flexibility index (Phi) is 6.09. The van der Waals surface area contributed by atoms with Crippen LogP contribution in [0.2, 0.25) is 0 Å². The van der Waals surface area contributed by atoms with Gasteiger partial charge in [0.05, 0.1) is 26.7 Å². The van der Waals surface area contributed by atoms with E-state index in [0.717, 1.165) is 33.1 Å². The molecule has 1 aliphatic rings. The van der Waals surface area contributed by atoms with E-state index in [0.29, 0.717) is 27.3 Å². The Bertz CT molecular complexity index is 2010. The molecule has 17 heteroatoms. The Labute approximate surface area is 230 Å². The molecule has 0 bridgehead atoms. The molecule has 206 valence electrons. The van der Waals surface area contributed by atoms with Gasteiger partial charge in [0.1, 0.15) is 25.9 Å². The molecule has 0 saturated heterocycles. The van der Waals surface area contributed by atoms with Crippen molar-refractivity contribution in [1.82, 2.24) is 20.0 Å². The predicted molar refractivity (Wildman–Crippen MR) is 134 cm³/mol. The number of hydrogen-bond acceptors (Lipinski definition) is 13. The summed E-state index contributed by atoms with van der Waals surface area (Å²) in [4.78, 5) is 5.61. The minimum absolute atomic E-state index is 0.0507. The van der Waals surface area contributed by atoms with E-state index in [4.69, 9.17) is 9.47 Å². The molecule has 3 aromatic carbocycles. The Balaban J connectivity index is 1.64. The first kappa shape index (κ1) is 26.2. The fourth-order valence-electron chi connectivity index (χ4n) is 4.10. The molecule has 0 unspecified atom stereocenters. The van der Waals surface area contributed by atoms with Crippen molar-refractivity contribution >= 4 is 41.8 Å². The standard InChI is InChI=1S/C23H17N5O9S3/c1-12-2-5-15(21(6-12)40(33,34)35)22-25-27(17-7-14(39(30,31)32)4-3-13(17)10-29)28(26-22)23-24-16-8-18-19(37-11-36-18)9-20(16)38-23/h2-9,29H,10-11H2,1H3,(H-,30,31,32,33,34,35)/p-1. The monoisotopic (exact) mass is 602 g/mol. The lowest BCUT2D eigenvalue weighted by molar-refractivity contribution is -0.734. The van der Waals surface area contributed by atoms with Crippen molar-refractivity contribution in [2.75, 3.05) is 6.79 Å². The van der Waals surface area contributed by atoms with Gasteiger partial charge >= 0.3 is 5.13 Å². The number of ether oxygens (including phenoxy) is 2. The van der Waals surface area contributed by atoms with Crippen molar-refractivity contribution in [3.8, 4) is 33.7 Å². The maximum atomic E-state index is 12.1. The molecular weight excluding hydrogens is 586 g/mol. The van der Waals surface area contributed by atoms with Gasteiger partial charge in [-0.3, -0.25) is 0 Å². The van der Waals surface area contributed by atoms with Crippen LogP contribution in [-0.4, -0.2) is 57.8 Å². The molecule has 0 amide bonds. The van der Waals surface area contributed by atoms with E-state index in [-0.39, 0.29) is 34.6 Å². The molecule has 6 rings (SSSR count). The molecule has 0 aliphatic carbocycles. The number of aromatic nitrogens is 5. The van der Waals surface area contributed by atoms with Gasteiger partial charge in [-0.25, -0.2) is 16.8 Å². The normalized spacial score (nSPS) is 13.3. The molecule has 0 fully saturated rings. The molecule has 0 saturated carbocycles. The molecule has 2 aromatic heterocycles. The summed E-state index contributed by atoms with van der Waals surface area (Å²) in [5, 5.41) is 19.0. The van der Waals surface area contributed by atoms with Gasteiger partial charge in [-0.1, -0.05) is 28.5 Å². The smallest absolute Gasteiger partial charge is 0.365 e. The third kappa shape index (κ3) is 4.57. The largest absolute Gasteiger partial charge is 0.744 e. The van der Waals surface area contributed by atoms with Gasteiger partial charge in [-0.15, -0.1) is 0 Å². The lowest BCUT2D eigenvalue weighted by atomic mass is 10.1. The fraction of sp³-hybridized carbons (Fsp3) is 0.130. The Morgan fingerprint density at radius 3 is 2.48 bits per heavy atom. The first-order chi connectivity index (χ1) is 18.9. The lowest BCUT2D eigenvalue weighted by Gasteiger charge is -2.11. The van der Waals surface area contributed by atoms with Gasteiger partial charge in [-0.05, 0) is 51.4 Å². The van der Waals surface area contributed by atoms with Crippen LogP contribution < -0.4 is 14.3 Å². The molecule has 1 aliphatic heterocycles. The highest BCUT2D eigenvalue weighted by molar-refractivity contribution is 7.86. The third-order valence-corrected chi connectivity index (χ3v) is 8.67. The molecular formula is C23H16N5O9S3-. The van der Waals surface area contributed by atoms with Crippen LogP contribution in [0.1, 0.15) is 11.1 Å². The van der Waals surface area contributed by atoms with E-state index >= 15 is 0 Å². The lowest BCUT2D eigenvalue weighted by Crippen LogP contribution is -2.43. The second-order valence-corrected chi connectivity index (χ2v) is 12.4. The number of nitrogens with zero attached hydrogens (tertiary/aromatic N) is 5. The van der Waals surface area contributed by atoms with Crippen LogP contribution in [-0.2, 0) is 26.8 Å². The van der Waals surface area contributed by atoms with Gasteiger partial charge in [0.2, 0.25) is 6.79 Å². The highest BCUT2D eigenvalue weighted by Crippen LogP contribution is 2.38. The topological polar surface area (TPSA) is 201 Å². The number of tetrazole rings is 1. The third-order valence-electron chi connectivity index (χ3n) is 5.98. The minimum Gasteiger partial charge on any atom is -0.744 e. The Morgan fingerprint density at radius 1 is 1.02 bits per heavy atom. The number of thiazole rings is 1. The summed E-state index contributed by atoms with van der Waals surface area (Å²) in [5.74, 6) is 0.773. The SMILES string of the molecule is Cc1ccc(-c2nn(-c3cc(S(=O)(=O)[O-])ccc3CO)[n+](-c3nc4cc5c(cc4s3)OCO5)n2)c(S(=O)(=O)[O-])c1. The summed E-state index contributed by atoms with van der Waals surface area (Å²) in [6, 6.07) is 10.8. The molecule has 0 radical (unpaired) electrons. The van der Waals surface area contributed by atoms with Crippen molar-refractivity contribution in [1.29, 1.82) is 0 Å². The van der Waals surface area contributed by atoms with Crippen LogP contribution in [0.3, 0.4) is 0 Å². The number of hydrogen-bond donors (Lipinski definition) is 1. The van der Waals surface area contributed by atoms with Crippen molar-refractivity contribution in [3.63, 3.8) is 0 Å². The Hall–Kier alpha value is -4.00. The fourth-order valence-corrected chi connectivity index (χ4v) is 6.27. The van der Waals surface area contributed by atoms with Crippen LogP contribution in [0.15, 0.2) is 58.3 Å². The van der Waals surface area contributed by atoms with E-state index in [1.807, 2.05) is 0 Å². The summed E-state index contributed by atoms with van der Waals surface area (Å²) < 4.78 is 83.1. The summed E-state index contributed by atoms with van der Waals surface area (Å²) in [6.45, 7) is 1.10. The molecule has 14 nitrogen and oxygen atoms in total. The average Bonchev–Trinajstić information content (AvgIpc) is 3.63. The van der Waals surface area contributed by atoms with Crippen molar-refractivity contribution in [2.24, 2.45) is 0 Å². The van der Waals surface area contributed by atoms with Crippen molar-refractivity contribution in [2.45, 2.75) is 23.3 Å². The highest BCUT2D eigenvalue weighted by atomic mass is 32.2. The zero-order valence-electron chi connectivity index (χ0n) is 20.2. The van der Waals surface area contributed by atoms with Gasteiger partial charge in [-0.2, -0.15) is 0 Å². The van der Waals surface area contributed by atoms with Gasteiger partial charge < -0.3 is 23.7 Å². The summed E-state index contributed by atoms with van der Waals surface area (Å²) in [7, 11) is -9.85. The maximum absolute atomic E-state index is 12.1. The van der Waals surface area contributed by atoms with E-state index < -0.39 is 36.6 Å². The quantitative estimate of drug-likeness (QED) is 0.215. The zero-order valence-corrected chi connectivity index (χ0v) is 22.7. The average molecular weight is 603 g/mol. The van der Waals surface area contributed by atoms with E-state index in [1.54, 1.807) is 25.1 Å². The van der Waals surface area contributed by atoms with E-state index in [2.05, 4.69) is 15.2 Å². The maximum Gasteiger partial charge on any atom is 0.365 e. The highest BCUT2D eigenvalue weighted by Gasteiger charge is 2.29. The van der Waals surface area contributed by atoms with Gasteiger partial charge in [0.15, 0.2) is 17.0 Å². The molecule has 3 heterocycles. The van der Waals surface area contributed by atoms with Crippen LogP contribution in [0.25, 0.3) is 32.4 Å². The van der Waals surface area contributed by atoms with Gasteiger partial charge in [0, 0.05) is 22.8 Å². The molecule has 40 heavy (non-hydrogen) atoms. The van der Waals surface area contributed by atoms with E-state index in [9.17, 15) is 31.0 Å². The molecule has 0 atom stereocenters. The second kappa shape index (κ2) is 9.29. The number of aliphatic hydroxyl groups excluding tert-OH is 1. The first-order valence-corrected chi connectivity index (χ1v) is 14.9.